The van der Waals surface area contributed by atoms with Crippen LogP contribution in [0.25, 0.3) is 11.5 Å². The van der Waals surface area contributed by atoms with Crippen LogP contribution in [0, 0.1) is 19.7 Å². The van der Waals surface area contributed by atoms with Gasteiger partial charge in [-0.2, -0.15) is 0 Å². The molecule has 1 fully saturated rings. The highest BCUT2D eigenvalue weighted by Crippen LogP contribution is 2.41. The molecule has 7 nitrogen and oxygen atoms in total. The monoisotopic (exact) mass is 410 g/mol. The fraction of sp³-hybridized carbons (Fsp3) is 0.294. The third-order valence-electron chi connectivity index (χ3n) is 4.34. The maximum Gasteiger partial charge on any atom is 0.264 e. The second kappa shape index (κ2) is 6.35. The van der Waals surface area contributed by atoms with Gasteiger partial charge in [0, 0.05) is 22.3 Å². The van der Waals surface area contributed by atoms with Crippen molar-refractivity contribution in [2.75, 3.05) is 4.72 Å². The number of rotatable bonds is 5. The highest BCUT2D eigenvalue weighted by molar-refractivity contribution is 7.93. The van der Waals surface area contributed by atoms with Crippen molar-refractivity contribution in [2.45, 2.75) is 37.5 Å². The molecule has 1 aliphatic carbocycles. The van der Waals surface area contributed by atoms with Crippen molar-refractivity contribution in [3.63, 3.8) is 0 Å². The van der Waals surface area contributed by atoms with E-state index in [0.717, 1.165) is 18.9 Å². The summed E-state index contributed by atoms with van der Waals surface area (Å²) in [5.74, 6) is 0.0956. The number of aryl methyl sites for hydroxylation is 2. The SMILES string of the molecule is Cc1[nH]c(C)c(S(=O)(=O)Nc2ccc(Cl)cc2F)c1-c1nnc(C2CC2)o1. The Labute approximate surface area is 160 Å². The average molecular weight is 411 g/mol. The molecule has 10 heteroatoms. The van der Waals surface area contributed by atoms with Gasteiger partial charge in [0.2, 0.25) is 5.89 Å². The molecule has 1 aliphatic rings. The van der Waals surface area contributed by atoms with Gasteiger partial charge in [0.1, 0.15) is 10.7 Å². The standard InChI is InChI=1S/C17H16ClFN4O3S/c1-8-14(17-22-21-16(26-17)10-3-4-10)15(9(2)20-8)27(24,25)23-13-6-5-11(18)7-12(13)19/h5-7,10,20,23H,3-4H2,1-2H3. The Bertz CT molecular complexity index is 1140. The van der Waals surface area contributed by atoms with Crippen LogP contribution in [0.15, 0.2) is 27.5 Å². The van der Waals surface area contributed by atoms with Gasteiger partial charge in [0.25, 0.3) is 15.9 Å². The van der Waals surface area contributed by atoms with Gasteiger partial charge in [-0.05, 0) is 44.9 Å². The van der Waals surface area contributed by atoms with Crippen molar-refractivity contribution >= 4 is 27.3 Å². The first-order chi connectivity index (χ1) is 12.8. The van der Waals surface area contributed by atoms with Crippen LogP contribution in [-0.2, 0) is 10.0 Å². The minimum absolute atomic E-state index is 0.0552. The van der Waals surface area contributed by atoms with E-state index < -0.39 is 15.8 Å². The number of aromatic amines is 1. The summed E-state index contributed by atoms with van der Waals surface area (Å²) in [7, 11) is -4.12. The van der Waals surface area contributed by atoms with Crippen molar-refractivity contribution in [2.24, 2.45) is 0 Å². The quantitative estimate of drug-likeness (QED) is 0.657. The maximum absolute atomic E-state index is 14.1. The van der Waals surface area contributed by atoms with Crippen molar-refractivity contribution in [1.82, 2.24) is 15.2 Å². The molecular weight excluding hydrogens is 395 g/mol. The van der Waals surface area contributed by atoms with Crippen LogP contribution in [0.2, 0.25) is 5.02 Å². The summed E-state index contributed by atoms with van der Waals surface area (Å²) in [4.78, 5) is 2.93. The second-order valence-electron chi connectivity index (χ2n) is 6.53. The Balaban J connectivity index is 1.78. The number of anilines is 1. The molecule has 0 bridgehead atoms. The second-order valence-corrected chi connectivity index (χ2v) is 8.58. The van der Waals surface area contributed by atoms with E-state index in [1.54, 1.807) is 13.8 Å². The van der Waals surface area contributed by atoms with E-state index in [1.165, 1.54) is 12.1 Å². The molecule has 1 saturated carbocycles. The zero-order chi connectivity index (χ0) is 19.3. The molecule has 142 valence electrons. The number of hydrogen-bond acceptors (Lipinski definition) is 5. The summed E-state index contributed by atoms with van der Waals surface area (Å²) in [6.45, 7) is 3.33. The Morgan fingerprint density at radius 3 is 2.67 bits per heavy atom. The largest absolute Gasteiger partial charge is 0.420 e. The summed E-state index contributed by atoms with van der Waals surface area (Å²) in [6, 6.07) is 3.70. The van der Waals surface area contributed by atoms with Gasteiger partial charge in [0.15, 0.2) is 0 Å². The molecule has 4 rings (SSSR count). The molecule has 0 radical (unpaired) electrons. The zero-order valence-corrected chi connectivity index (χ0v) is 16.1. The predicted octanol–water partition coefficient (Wildman–Crippen LogP) is 4.15. The molecule has 0 amide bonds. The number of nitrogens with one attached hydrogen (secondary N) is 2. The Morgan fingerprint density at radius 1 is 1.26 bits per heavy atom. The predicted molar refractivity (Wildman–Crippen MR) is 97.8 cm³/mol. The van der Waals surface area contributed by atoms with Gasteiger partial charge in [-0.15, -0.1) is 10.2 Å². The van der Waals surface area contributed by atoms with E-state index in [9.17, 15) is 12.8 Å². The first-order valence-electron chi connectivity index (χ1n) is 8.27. The summed E-state index contributed by atoms with van der Waals surface area (Å²) in [5, 5.41) is 8.20. The third-order valence-corrected chi connectivity index (χ3v) is 6.11. The molecule has 0 aliphatic heterocycles. The molecule has 2 aromatic heterocycles. The number of nitrogens with zero attached hydrogens (tertiary/aromatic N) is 2. The van der Waals surface area contributed by atoms with Gasteiger partial charge in [-0.25, -0.2) is 12.8 Å². The van der Waals surface area contributed by atoms with Crippen molar-refractivity contribution in [1.29, 1.82) is 0 Å². The zero-order valence-electron chi connectivity index (χ0n) is 14.5. The van der Waals surface area contributed by atoms with E-state index in [0.29, 0.717) is 17.3 Å². The average Bonchev–Trinajstić information content (AvgIpc) is 3.23. The van der Waals surface area contributed by atoms with Crippen molar-refractivity contribution in [3.8, 4) is 11.5 Å². The van der Waals surface area contributed by atoms with Crippen LogP contribution >= 0.6 is 11.6 Å². The summed E-state index contributed by atoms with van der Waals surface area (Å²) >= 11 is 5.72. The molecule has 2 N–H and O–H groups in total. The van der Waals surface area contributed by atoms with E-state index in [-0.39, 0.29) is 33.0 Å². The van der Waals surface area contributed by atoms with Crippen LogP contribution in [0.4, 0.5) is 10.1 Å². The lowest BCUT2D eigenvalue weighted by Gasteiger charge is -2.10. The summed E-state index contributed by atoms with van der Waals surface area (Å²) in [6.07, 6.45) is 1.96. The fourth-order valence-electron chi connectivity index (χ4n) is 2.95. The number of hydrogen-bond donors (Lipinski definition) is 2. The first kappa shape index (κ1) is 18.0. The highest BCUT2D eigenvalue weighted by atomic mass is 35.5. The molecule has 1 aromatic carbocycles. The number of halogens is 2. The van der Waals surface area contributed by atoms with Crippen LogP contribution in [-0.4, -0.2) is 23.6 Å². The lowest BCUT2D eigenvalue weighted by atomic mass is 10.2. The summed E-state index contributed by atoms with van der Waals surface area (Å²) in [5.41, 5.74) is 1.03. The smallest absolute Gasteiger partial charge is 0.264 e. The van der Waals surface area contributed by atoms with Gasteiger partial charge in [-0.1, -0.05) is 11.6 Å². The van der Waals surface area contributed by atoms with E-state index in [2.05, 4.69) is 19.9 Å². The fourth-order valence-corrected chi connectivity index (χ4v) is 4.63. The third kappa shape index (κ3) is 3.32. The number of H-pyrrole nitrogens is 1. The number of sulfonamides is 1. The molecule has 0 atom stereocenters. The summed E-state index contributed by atoms with van der Waals surface area (Å²) < 4.78 is 48.0. The van der Waals surface area contributed by atoms with Crippen LogP contribution in [0.1, 0.15) is 36.0 Å². The lowest BCUT2D eigenvalue weighted by Crippen LogP contribution is -2.15. The minimum atomic E-state index is -4.12. The molecular formula is C17H16ClFN4O3S. The molecule has 0 saturated heterocycles. The molecule has 2 heterocycles. The van der Waals surface area contributed by atoms with Crippen LogP contribution in [0.3, 0.4) is 0 Å². The molecule has 0 unspecified atom stereocenters. The first-order valence-corrected chi connectivity index (χ1v) is 10.1. The van der Waals surface area contributed by atoms with Gasteiger partial charge in [-0.3, -0.25) is 4.72 Å². The lowest BCUT2D eigenvalue weighted by molar-refractivity contribution is 0.507. The van der Waals surface area contributed by atoms with E-state index in [1.807, 2.05) is 0 Å². The molecule has 3 aromatic rings. The Hall–Kier alpha value is -2.39. The van der Waals surface area contributed by atoms with Crippen LogP contribution < -0.4 is 4.72 Å². The van der Waals surface area contributed by atoms with E-state index >= 15 is 0 Å². The Kier molecular flexibility index (Phi) is 4.23. The molecule has 0 spiro atoms. The van der Waals surface area contributed by atoms with Gasteiger partial charge >= 0.3 is 0 Å². The molecule has 27 heavy (non-hydrogen) atoms. The van der Waals surface area contributed by atoms with Gasteiger partial charge < -0.3 is 9.40 Å². The number of benzene rings is 1. The van der Waals surface area contributed by atoms with Crippen LogP contribution in [0.5, 0.6) is 0 Å². The number of aromatic nitrogens is 3. The Morgan fingerprint density at radius 2 is 2.00 bits per heavy atom. The van der Waals surface area contributed by atoms with Crippen molar-refractivity contribution < 1.29 is 17.2 Å². The van der Waals surface area contributed by atoms with E-state index in [4.69, 9.17) is 16.0 Å². The minimum Gasteiger partial charge on any atom is -0.420 e. The normalized spacial score (nSPS) is 14.5. The van der Waals surface area contributed by atoms with Gasteiger partial charge in [0.05, 0.1) is 11.3 Å². The maximum atomic E-state index is 14.1. The van der Waals surface area contributed by atoms with Crippen molar-refractivity contribution in [3.05, 3.63) is 46.3 Å². The highest BCUT2D eigenvalue weighted by Gasteiger charge is 2.33. The topological polar surface area (TPSA) is 101 Å².